The average Bonchev–Trinajstić information content (AvgIpc) is 3.08. The molecule has 1 aromatic carbocycles. The highest BCUT2D eigenvalue weighted by Gasteiger charge is 2.18. The van der Waals surface area contributed by atoms with Gasteiger partial charge in [0.05, 0.1) is 9.99 Å². The van der Waals surface area contributed by atoms with E-state index in [0.29, 0.717) is 4.47 Å². The second kappa shape index (κ2) is 6.30. The number of hydrogen-bond donors (Lipinski definition) is 0. The lowest BCUT2D eigenvalue weighted by atomic mass is 10.1. The lowest BCUT2D eigenvalue weighted by Crippen LogP contribution is -2.06. The molecule has 0 saturated heterocycles. The van der Waals surface area contributed by atoms with Crippen molar-refractivity contribution >= 4 is 33.0 Å². The Hall–Kier alpha value is -1.16. The summed E-state index contributed by atoms with van der Waals surface area (Å²) >= 11 is 3.30. The quantitative estimate of drug-likeness (QED) is 0.676. The number of benzene rings is 1. The Morgan fingerprint density at radius 1 is 1.38 bits per heavy atom. The van der Waals surface area contributed by atoms with Crippen LogP contribution < -0.4 is 0 Å². The van der Waals surface area contributed by atoms with Crippen molar-refractivity contribution in [3.63, 3.8) is 0 Å². The highest BCUT2D eigenvalue weighted by atomic mass is 79.9. The molecule has 1 aromatic heterocycles. The van der Waals surface area contributed by atoms with Gasteiger partial charge in [0.15, 0.2) is 0 Å². The summed E-state index contributed by atoms with van der Waals surface area (Å²) in [5.74, 6) is 0.535. The molecule has 1 aliphatic carbocycles. The van der Waals surface area contributed by atoms with Crippen LogP contribution in [0.25, 0.3) is 10.9 Å². The van der Waals surface area contributed by atoms with Gasteiger partial charge in [-0.15, -0.1) is 0 Å². The van der Waals surface area contributed by atoms with E-state index < -0.39 is 0 Å². The fraction of sp³-hybridized carbons (Fsp3) is 0.471. The molecule has 0 amide bonds. The van der Waals surface area contributed by atoms with Gasteiger partial charge in [-0.3, -0.25) is 4.99 Å². The van der Waals surface area contributed by atoms with E-state index in [-0.39, 0.29) is 5.82 Å². The van der Waals surface area contributed by atoms with Gasteiger partial charge in [-0.2, -0.15) is 0 Å². The predicted octanol–water partition coefficient (Wildman–Crippen LogP) is 5.17. The van der Waals surface area contributed by atoms with Crippen LogP contribution >= 0.6 is 15.9 Å². The fourth-order valence-corrected chi connectivity index (χ4v) is 3.56. The average molecular weight is 351 g/mol. The summed E-state index contributed by atoms with van der Waals surface area (Å²) in [6.45, 7) is 3.77. The Labute approximate surface area is 133 Å². The molecule has 2 aromatic rings. The van der Waals surface area contributed by atoms with E-state index >= 15 is 0 Å². The number of fused-ring (bicyclic) bond motifs is 1. The zero-order valence-corrected chi connectivity index (χ0v) is 13.9. The van der Waals surface area contributed by atoms with Crippen molar-refractivity contribution < 1.29 is 4.39 Å². The number of nitrogens with zero attached hydrogens (tertiary/aromatic N) is 2. The van der Waals surface area contributed by atoms with Crippen molar-refractivity contribution in [3.8, 4) is 0 Å². The standard InChI is InChI=1S/C17H20BrFN2/c1-2-20-9-13-11-21(10-12-5-3-4-6-12)17-8-15(18)16(19)7-14(13)17/h7-9,11-12H,2-6,10H2,1H3/b20-9+. The summed E-state index contributed by atoms with van der Waals surface area (Å²) in [5.41, 5.74) is 2.10. The molecule has 0 atom stereocenters. The summed E-state index contributed by atoms with van der Waals surface area (Å²) < 4.78 is 16.7. The third-order valence-corrected chi connectivity index (χ3v) is 4.90. The minimum atomic E-state index is -0.215. The first kappa shape index (κ1) is 14.8. The maximum Gasteiger partial charge on any atom is 0.138 e. The maximum absolute atomic E-state index is 13.9. The fourth-order valence-electron chi connectivity index (χ4n) is 3.23. The highest BCUT2D eigenvalue weighted by Crippen LogP contribution is 2.31. The van der Waals surface area contributed by atoms with Crippen molar-refractivity contribution in [2.75, 3.05) is 6.54 Å². The normalized spacial score (nSPS) is 16.5. The first-order valence-corrected chi connectivity index (χ1v) is 8.46. The van der Waals surface area contributed by atoms with E-state index in [1.54, 1.807) is 6.07 Å². The molecule has 2 nitrogen and oxygen atoms in total. The molecule has 4 heteroatoms. The van der Waals surface area contributed by atoms with Gasteiger partial charge in [-0.05, 0) is 53.7 Å². The summed E-state index contributed by atoms with van der Waals surface area (Å²) in [5, 5.41) is 0.950. The molecule has 1 fully saturated rings. The Morgan fingerprint density at radius 3 is 2.86 bits per heavy atom. The number of aromatic nitrogens is 1. The van der Waals surface area contributed by atoms with Crippen LogP contribution in [0.1, 0.15) is 38.2 Å². The zero-order chi connectivity index (χ0) is 14.8. The van der Waals surface area contributed by atoms with Crippen LogP contribution in [0.4, 0.5) is 4.39 Å². The lowest BCUT2D eigenvalue weighted by molar-refractivity contribution is 0.466. The maximum atomic E-state index is 13.9. The summed E-state index contributed by atoms with van der Waals surface area (Å²) in [6, 6.07) is 3.50. The van der Waals surface area contributed by atoms with Crippen LogP contribution in [-0.4, -0.2) is 17.3 Å². The third-order valence-electron chi connectivity index (χ3n) is 4.30. The van der Waals surface area contributed by atoms with E-state index in [0.717, 1.165) is 35.5 Å². The SMILES string of the molecule is CC/N=C/c1cn(CC2CCCC2)c2cc(Br)c(F)cc12. The highest BCUT2D eigenvalue weighted by molar-refractivity contribution is 9.10. The molecular weight excluding hydrogens is 331 g/mol. The molecule has 0 radical (unpaired) electrons. The Morgan fingerprint density at radius 2 is 2.14 bits per heavy atom. The number of aliphatic imine (C=N–C) groups is 1. The van der Waals surface area contributed by atoms with Crippen LogP contribution in [0.3, 0.4) is 0 Å². The van der Waals surface area contributed by atoms with Crippen molar-refractivity contribution in [3.05, 3.63) is 34.2 Å². The topological polar surface area (TPSA) is 17.3 Å². The van der Waals surface area contributed by atoms with Gasteiger partial charge >= 0.3 is 0 Å². The second-order valence-electron chi connectivity index (χ2n) is 5.80. The summed E-state index contributed by atoms with van der Waals surface area (Å²) in [4.78, 5) is 4.32. The van der Waals surface area contributed by atoms with Gasteiger partial charge in [0, 0.05) is 36.5 Å². The predicted molar refractivity (Wildman–Crippen MR) is 89.7 cm³/mol. The summed E-state index contributed by atoms with van der Waals surface area (Å²) in [7, 11) is 0. The molecule has 0 aliphatic heterocycles. The third kappa shape index (κ3) is 3.05. The molecule has 3 rings (SSSR count). The van der Waals surface area contributed by atoms with Gasteiger partial charge in [0.2, 0.25) is 0 Å². The minimum absolute atomic E-state index is 0.215. The second-order valence-corrected chi connectivity index (χ2v) is 6.65. The van der Waals surface area contributed by atoms with Crippen molar-refractivity contribution in [1.29, 1.82) is 0 Å². The molecule has 1 aliphatic rings. The smallest absolute Gasteiger partial charge is 0.138 e. The van der Waals surface area contributed by atoms with E-state index in [1.165, 1.54) is 25.7 Å². The van der Waals surface area contributed by atoms with Gasteiger partial charge < -0.3 is 4.57 Å². The Bertz CT molecular complexity index is 669. The molecule has 1 saturated carbocycles. The molecule has 1 heterocycles. The Balaban J connectivity index is 2.05. The zero-order valence-electron chi connectivity index (χ0n) is 12.3. The lowest BCUT2D eigenvalue weighted by Gasteiger charge is -2.11. The number of rotatable bonds is 4. The monoisotopic (exact) mass is 350 g/mol. The van der Waals surface area contributed by atoms with Crippen molar-refractivity contribution in [2.45, 2.75) is 39.2 Å². The molecular formula is C17H20BrFN2. The van der Waals surface area contributed by atoms with Crippen molar-refractivity contribution in [1.82, 2.24) is 4.57 Å². The molecule has 21 heavy (non-hydrogen) atoms. The first-order valence-electron chi connectivity index (χ1n) is 7.66. The van der Waals surface area contributed by atoms with Crippen LogP contribution in [0.15, 0.2) is 27.8 Å². The van der Waals surface area contributed by atoms with E-state index in [1.807, 2.05) is 19.2 Å². The van der Waals surface area contributed by atoms with Gasteiger partial charge in [-0.25, -0.2) is 4.39 Å². The number of hydrogen-bond acceptors (Lipinski definition) is 1. The molecule has 0 bridgehead atoms. The molecule has 112 valence electrons. The van der Waals surface area contributed by atoms with Crippen LogP contribution in [-0.2, 0) is 6.54 Å². The van der Waals surface area contributed by atoms with E-state index in [9.17, 15) is 4.39 Å². The first-order chi connectivity index (χ1) is 10.2. The number of halogens is 2. The van der Waals surface area contributed by atoms with Crippen LogP contribution in [0.2, 0.25) is 0 Å². The Kier molecular flexibility index (Phi) is 4.43. The van der Waals surface area contributed by atoms with Crippen LogP contribution in [0.5, 0.6) is 0 Å². The minimum Gasteiger partial charge on any atom is -0.346 e. The van der Waals surface area contributed by atoms with Gasteiger partial charge in [-0.1, -0.05) is 12.8 Å². The molecule has 0 spiro atoms. The summed E-state index contributed by atoms with van der Waals surface area (Å²) in [6.07, 6.45) is 9.27. The molecule has 0 unspecified atom stereocenters. The van der Waals surface area contributed by atoms with Crippen molar-refractivity contribution in [2.24, 2.45) is 10.9 Å². The molecule has 0 N–H and O–H groups in total. The van der Waals surface area contributed by atoms with Crippen LogP contribution in [0, 0.1) is 11.7 Å². The van der Waals surface area contributed by atoms with E-state index in [2.05, 4.69) is 31.7 Å². The van der Waals surface area contributed by atoms with Gasteiger partial charge in [0.25, 0.3) is 0 Å². The van der Waals surface area contributed by atoms with Gasteiger partial charge in [0.1, 0.15) is 5.82 Å². The largest absolute Gasteiger partial charge is 0.346 e. The van der Waals surface area contributed by atoms with E-state index in [4.69, 9.17) is 0 Å².